The van der Waals surface area contributed by atoms with Gasteiger partial charge in [-0.05, 0) is 143 Å². The number of nitrogens with one attached hydrogen (secondary N) is 14. The van der Waals surface area contributed by atoms with Gasteiger partial charge in [-0.25, -0.2) is 4.79 Å². The van der Waals surface area contributed by atoms with Crippen LogP contribution >= 0.6 is 11.8 Å². The molecule has 0 bridgehead atoms. The first-order valence-electron chi connectivity index (χ1n) is 49.5. The summed E-state index contributed by atoms with van der Waals surface area (Å²) in [6.45, 7) is 6.71. The van der Waals surface area contributed by atoms with E-state index in [0.29, 0.717) is 46.9 Å². The van der Waals surface area contributed by atoms with Gasteiger partial charge in [0, 0.05) is 58.1 Å². The summed E-state index contributed by atoms with van der Waals surface area (Å²) < 4.78 is 10.9. The monoisotopic (exact) mass is 2080 g/mol. The number of nitrogens with two attached hydrogens (primary N) is 4. The molecule has 15 atom stereocenters. The number of carbonyl (C=O) groups excluding carboxylic acids is 17. The molecular formula is C102H142N20O25S. The van der Waals surface area contributed by atoms with Gasteiger partial charge >= 0.3 is 11.9 Å². The van der Waals surface area contributed by atoms with E-state index in [2.05, 4.69) is 74.4 Å². The maximum absolute atomic E-state index is 15.7. The number of aliphatic carboxylic acids is 2. The maximum atomic E-state index is 15.7. The number of likely N-dealkylation sites (N-methyl/N-ethyl adjacent to an activating group) is 1. The van der Waals surface area contributed by atoms with Gasteiger partial charge < -0.3 is 132 Å². The van der Waals surface area contributed by atoms with Gasteiger partial charge in [0.05, 0.1) is 37.6 Å². The zero-order chi connectivity index (χ0) is 108. The van der Waals surface area contributed by atoms with Crippen LogP contribution in [0.2, 0.25) is 0 Å². The van der Waals surface area contributed by atoms with Gasteiger partial charge in [0.2, 0.25) is 100 Å². The highest BCUT2D eigenvalue weighted by molar-refractivity contribution is 8.00. The third kappa shape index (κ3) is 39.6. The average Bonchev–Trinajstić information content (AvgIpc) is 0.837. The maximum Gasteiger partial charge on any atom is 0.341 e. The number of thioether (sulfide) groups is 1. The Labute approximate surface area is 862 Å². The van der Waals surface area contributed by atoms with Crippen molar-refractivity contribution in [1.29, 1.82) is 0 Å². The lowest BCUT2D eigenvalue weighted by Crippen LogP contribution is -2.65. The molecule has 3 fully saturated rings. The van der Waals surface area contributed by atoms with Crippen LogP contribution in [0.5, 0.6) is 5.75 Å². The second-order valence-electron chi connectivity index (χ2n) is 38.2. The fourth-order valence-corrected chi connectivity index (χ4v) is 17.9. The summed E-state index contributed by atoms with van der Waals surface area (Å²) >= 11 is 0.663. The second kappa shape index (κ2) is 59.7. The van der Waals surface area contributed by atoms with Crippen molar-refractivity contribution in [1.82, 2.24) is 84.2 Å². The van der Waals surface area contributed by atoms with Crippen molar-refractivity contribution in [3.8, 4) is 16.9 Å². The van der Waals surface area contributed by atoms with E-state index in [-0.39, 0.29) is 120 Å². The number of amides is 17. The van der Waals surface area contributed by atoms with Crippen molar-refractivity contribution >= 4 is 124 Å². The Morgan fingerprint density at radius 1 is 0.520 bits per heavy atom. The highest BCUT2D eigenvalue weighted by Crippen LogP contribution is 2.29. The van der Waals surface area contributed by atoms with Gasteiger partial charge in [-0.2, -0.15) is 0 Å². The quantitative estimate of drug-likeness (QED) is 0.0202. The van der Waals surface area contributed by atoms with E-state index < -0.39 is 259 Å². The van der Waals surface area contributed by atoms with Crippen molar-refractivity contribution in [3.05, 3.63) is 161 Å². The zero-order valence-corrected chi connectivity index (χ0v) is 85.1. The molecule has 0 radical (unpaired) electrons. The number of carboxylic acid groups (broad SMARTS) is 2. The van der Waals surface area contributed by atoms with Crippen molar-refractivity contribution in [3.63, 3.8) is 0 Å². The number of hydrogen-bond acceptors (Lipinski definition) is 27. The number of benzene rings is 5. The molecule has 1 saturated carbocycles. The first kappa shape index (κ1) is 119. The number of carboxylic acids is 2. The van der Waals surface area contributed by atoms with Gasteiger partial charge in [0.25, 0.3) is 0 Å². The second-order valence-corrected chi connectivity index (χ2v) is 39.3. The Morgan fingerprint density at radius 3 is 1.56 bits per heavy atom. The van der Waals surface area contributed by atoms with E-state index in [4.69, 9.17) is 32.4 Å². The molecule has 148 heavy (non-hydrogen) atoms. The molecule has 0 unspecified atom stereocenters. The smallest absolute Gasteiger partial charge is 0.341 e. The number of aryl methyl sites for hydroxylation is 2. The Bertz CT molecular complexity index is 5360. The summed E-state index contributed by atoms with van der Waals surface area (Å²) in [5, 5.41) is 78.9. The largest absolute Gasteiger partial charge is 0.482 e. The fourth-order valence-electron chi connectivity index (χ4n) is 17.0. The molecule has 2 aliphatic heterocycles. The van der Waals surface area contributed by atoms with E-state index in [1.165, 1.54) is 38.2 Å². The fraction of sp³-hybridized carbons (Fsp3) is 0.520. The van der Waals surface area contributed by atoms with Crippen molar-refractivity contribution < 1.29 is 121 Å². The van der Waals surface area contributed by atoms with Crippen molar-refractivity contribution in [2.75, 3.05) is 77.7 Å². The minimum atomic E-state index is -2.24. The average molecular weight is 2080 g/mol. The molecular weight excluding hydrogens is 1940 g/mol. The molecule has 1 aliphatic carbocycles. The normalized spacial score (nSPS) is 23.8. The number of rotatable bonds is 33. The molecule has 2 heterocycles. The van der Waals surface area contributed by atoms with Gasteiger partial charge in [-0.15, -0.1) is 11.8 Å². The summed E-state index contributed by atoms with van der Waals surface area (Å²) in [5.74, 6) is -23.0. The first-order valence-corrected chi connectivity index (χ1v) is 50.6. The molecule has 46 heteroatoms. The predicted molar refractivity (Wildman–Crippen MR) is 544 cm³/mol. The molecule has 0 spiro atoms. The molecule has 0 aromatic heterocycles. The van der Waals surface area contributed by atoms with Crippen LogP contribution in [-0.2, 0) is 122 Å². The van der Waals surface area contributed by atoms with E-state index in [1.807, 2.05) is 30.3 Å². The van der Waals surface area contributed by atoms with Crippen LogP contribution in [0.4, 0.5) is 0 Å². The van der Waals surface area contributed by atoms with Crippen LogP contribution in [0.15, 0.2) is 133 Å². The Balaban J connectivity index is 1.24. The van der Waals surface area contributed by atoms with Crippen LogP contribution in [-0.4, -0.2) is 317 Å². The Morgan fingerprint density at radius 2 is 1.01 bits per heavy atom. The molecule has 5 aromatic rings. The number of morpholine rings is 1. The van der Waals surface area contributed by atoms with Crippen LogP contribution in [0, 0.1) is 18.8 Å². The standard InChI is InChI=1S/C102H142N20O25S/c1-58(2)46-73-91(134)110-71(39-41-104)90(133)114-76(48-62-21-13-9-14-22-62)96(139)120-86(102(5,6)145)100(143)118-80(54-123)98(141)119-81(99(142)108-69(38-40-103)87(106)130)56-148-57-83(125)107-79(53-122-42-44-146-45-43-122)97(140)116-75(50-64-28-33-68(34-29-64)147-55-85(128)129)94(137)117-78(52-84(126)127)95(138)115-77(51-65-23-17-18-59(3)47-65)92(135)109-70(35-30-61-19-11-8-12-20-61)89(132)113-74(49-63-26-31-67(32-27-63)66-24-15-10-16-25-66)93(136)111-72(36-37-82(105)124)101(144)121(7)60(4)88(131)112-73/h8,10-12,15-20,23-29,31-34,47,58,60,62,69-81,86,123,145H,9,13-14,21-22,30,35-46,48-57,103-104H2,1-7H3,(H2,105,124)(H2,106,130)(H,107,125)(H,108,142)(H,109,135)(H,110,134)(H,111,136)(H,112,131)(H,113,132)(H,114,133)(H,115,138)(H,116,140)(H,117,137)(H,118,143)(H,119,141)(H,120,139)(H,126,127)(H,128,129)/t60-,69-,70-,71-,72-,73+,74-,75-,76-,77-,78-,79-,80-,81-,86+/m0/s1. The van der Waals surface area contributed by atoms with E-state index in [0.717, 1.165) is 49.1 Å². The van der Waals surface area contributed by atoms with Gasteiger partial charge in [0.15, 0.2) is 6.61 Å². The highest BCUT2D eigenvalue weighted by atomic mass is 32.2. The molecule has 5 aromatic carbocycles. The van der Waals surface area contributed by atoms with Gasteiger partial charge in [0.1, 0.15) is 96.4 Å². The lowest BCUT2D eigenvalue weighted by molar-refractivity contribution is -0.143. The Kier molecular flexibility index (Phi) is 48.0. The minimum absolute atomic E-state index is 0.0496. The Hall–Kier alpha value is -14.1. The number of aliphatic hydroxyl groups excluding tert-OH is 1. The van der Waals surface area contributed by atoms with Gasteiger partial charge in [-0.1, -0.05) is 173 Å². The molecule has 806 valence electrons. The molecule has 3 aliphatic rings. The molecule has 26 N–H and O–H groups in total. The van der Waals surface area contributed by atoms with Crippen molar-refractivity contribution in [2.24, 2.45) is 34.8 Å². The van der Waals surface area contributed by atoms with Crippen LogP contribution in [0.25, 0.3) is 11.1 Å². The summed E-state index contributed by atoms with van der Waals surface area (Å²) in [5.41, 5.74) is 25.0. The number of carbonyl (C=O) groups is 19. The molecule has 2 saturated heterocycles. The van der Waals surface area contributed by atoms with E-state index in [9.17, 15) is 73.2 Å². The summed E-state index contributed by atoms with van der Waals surface area (Å²) in [6, 6.07) is 11.2. The van der Waals surface area contributed by atoms with E-state index >= 15 is 38.4 Å². The molecule has 8 rings (SSSR count). The number of ether oxygens (including phenoxy) is 2. The van der Waals surface area contributed by atoms with Crippen LogP contribution in [0.3, 0.4) is 0 Å². The SMILES string of the molecule is Cc1cccc(C[C@@H]2NC(=O)[C@H](CC(=O)O)NC(=O)[C@H](Cc3ccc(OCC(=O)O)cc3)NC(=O)[C@H](CN3CCOCC3)NC(=O)CSC[C@@H](C(=O)N[C@@H](CCN)C(N)=O)NC(=O)[C@H](CO)NC(=O)[C@H](C(C)(C)O)NC(=O)[C@H](CC3CCCCC3)NC(=O)[C@H](CCN)NC(=O)[C@@H](CC(C)C)NC(=O)[C@H](C)N(C)C(=O)[C@H](CCC(N)=O)NC(=O)[C@H](Cc3ccc(-c4ccccc4)cc3)NC(=O)[C@H](CCc3ccccc3)NC2=O)c1. The molecule has 17 amide bonds. The summed E-state index contributed by atoms with van der Waals surface area (Å²) in [4.78, 5) is 279. The third-order valence-electron chi connectivity index (χ3n) is 25.3. The topological polar surface area (TPSA) is 703 Å². The predicted octanol–water partition coefficient (Wildman–Crippen LogP) is -2.80. The van der Waals surface area contributed by atoms with E-state index in [1.54, 1.807) is 105 Å². The number of aliphatic hydroxyl groups is 2. The molecule has 45 nitrogen and oxygen atoms in total. The number of hydrogen-bond donors (Lipinski definition) is 22. The summed E-state index contributed by atoms with van der Waals surface area (Å²) in [7, 11) is 1.21. The van der Waals surface area contributed by atoms with Crippen LogP contribution < -0.4 is 102 Å². The number of nitrogens with zero attached hydrogens (tertiary/aromatic N) is 2. The number of primary amides is 2. The third-order valence-corrected chi connectivity index (χ3v) is 26.4. The summed E-state index contributed by atoms with van der Waals surface area (Å²) in [6.07, 6.45) is -0.782. The van der Waals surface area contributed by atoms with Gasteiger partial charge in [-0.3, -0.25) is 91.2 Å². The zero-order valence-electron chi connectivity index (χ0n) is 84.3. The first-order chi connectivity index (χ1) is 70.4. The minimum Gasteiger partial charge on any atom is -0.482 e. The lowest BCUT2D eigenvalue weighted by Gasteiger charge is -2.33. The lowest BCUT2D eigenvalue weighted by atomic mass is 9.84. The highest BCUT2D eigenvalue weighted by Gasteiger charge is 2.44. The van der Waals surface area contributed by atoms with Crippen LogP contribution in [0.1, 0.15) is 146 Å². The van der Waals surface area contributed by atoms with Crippen molar-refractivity contribution in [2.45, 2.75) is 247 Å².